The summed E-state index contributed by atoms with van der Waals surface area (Å²) in [6, 6.07) is 7.86. The molecule has 5 nitrogen and oxygen atoms in total. The predicted molar refractivity (Wildman–Crippen MR) is 105 cm³/mol. The van der Waals surface area contributed by atoms with Gasteiger partial charge in [-0.2, -0.15) is 11.8 Å². The molecule has 2 aromatic rings. The number of aromatic nitrogens is 1. The molecular weight excluding hydrogens is 376 g/mol. The number of hydrogen-bond acceptors (Lipinski definition) is 6. The van der Waals surface area contributed by atoms with Gasteiger partial charge < -0.3 is 4.74 Å². The number of rotatable bonds is 6. The monoisotopic (exact) mass is 398 g/mol. The third kappa shape index (κ3) is 5.44. The Kier molecular flexibility index (Phi) is 6.04. The highest BCUT2D eigenvalue weighted by Gasteiger charge is 2.28. The van der Waals surface area contributed by atoms with Gasteiger partial charge in [-0.15, -0.1) is 11.3 Å². The molecule has 0 spiro atoms. The van der Waals surface area contributed by atoms with Gasteiger partial charge in [-0.3, -0.25) is 0 Å². The van der Waals surface area contributed by atoms with Crippen LogP contribution >= 0.6 is 23.1 Å². The second-order valence-electron chi connectivity index (χ2n) is 6.23. The first-order valence-corrected chi connectivity index (χ1v) is 12.0. The van der Waals surface area contributed by atoms with Crippen LogP contribution in [0.1, 0.15) is 11.3 Å². The summed E-state index contributed by atoms with van der Waals surface area (Å²) in [6.07, 6.45) is 3.93. The first-order chi connectivity index (χ1) is 11.9. The van der Waals surface area contributed by atoms with Crippen LogP contribution in [0, 0.1) is 12.8 Å². The van der Waals surface area contributed by atoms with Crippen molar-refractivity contribution in [1.82, 2.24) is 9.71 Å². The maximum absolute atomic E-state index is 11.5. The van der Waals surface area contributed by atoms with E-state index in [1.807, 2.05) is 49.1 Å². The average molecular weight is 399 g/mol. The van der Waals surface area contributed by atoms with E-state index in [9.17, 15) is 8.42 Å². The highest BCUT2D eigenvalue weighted by atomic mass is 32.2. The molecule has 0 radical (unpaired) electrons. The standard InChI is InChI=1S/C17H22N2O3S3/c1-12-9-18-17(24-12)13-3-5-15(6-4-13)22-10-14-11-23-8-7-16(14)19-25(2,20)21/h3-6,9,14,16,19H,7-8,10-11H2,1-2H3/t14-,16-/m0/s1. The molecular formula is C17H22N2O3S3. The van der Waals surface area contributed by atoms with Crippen molar-refractivity contribution in [2.45, 2.75) is 19.4 Å². The number of thiazole rings is 1. The molecule has 2 heterocycles. The number of benzene rings is 1. The lowest BCUT2D eigenvalue weighted by Crippen LogP contribution is -2.45. The maximum atomic E-state index is 11.5. The molecule has 1 aliphatic heterocycles. The van der Waals surface area contributed by atoms with Crippen molar-refractivity contribution < 1.29 is 13.2 Å². The first-order valence-electron chi connectivity index (χ1n) is 8.11. The summed E-state index contributed by atoms with van der Waals surface area (Å²) in [6.45, 7) is 2.55. The van der Waals surface area contributed by atoms with Gasteiger partial charge in [-0.1, -0.05) is 0 Å². The van der Waals surface area contributed by atoms with Crippen LogP contribution in [0.25, 0.3) is 10.6 Å². The molecule has 2 atom stereocenters. The van der Waals surface area contributed by atoms with Crippen LogP contribution in [0.2, 0.25) is 0 Å². The van der Waals surface area contributed by atoms with Crippen molar-refractivity contribution >= 4 is 33.1 Å². The number of thioether (sulfide) groups is 1. The summed E-state index contributed by atoms with van der Waals surface area (Å²) in [5.41, 5.74) is 1.08. The molecule has 1 aliphatic rings. The fraction of sp³-hybridized carbons (Fsp3) is 0.471. The maximum Gasteiger partial charge on any atom is 0.208 e. The van der Waals surface area contributed by atoms with Gasteiger partial charge >= 0.3 is 0 Å². The van der Waals surface area contributed by atoms with E-state index in [2.05, 4.69) is 9.71 Å². The summed E-state index contributed by atoms with van der Waals surface area (Å²) in [7, 11) is -3.19. The third-order valence-corrected chi connectivity index (χ3v) is 6.91. The van der Waals surface area contributed by atoms with Crippen molar-refractivity contribution in [1.29, 1.82) is 0 Å². The molecule has 136 valence electrons. The molecule has 1 saturated heterocycles. The lowest BCUT2D eigenvalue weighted by Gasteiger charge is -2.31. The minimum atomic E-state index is -3.19. The van der Waals surface area contributed by atoms with Gasteiger partial charge in [0.25, 0.3) is 0 Å². The Hall–Kier alpha value is -1.09. The average Bonchev–Trinajstić information content (AvgIpc) is 3.00. The molecule has 0 bridgehead atoms. The number of aryl methyl sites for hydroxylation is 1. The van der Waals surface area contributed by atoms with Crippen LogP contribution in [-0.4, -0.2) is 43.8 Å². The molecule has 1 aromatic carbocycles. The van der Waals surface area contributed by atoms with Crippen LogP contribution in [0.15, 0.2) is 30.5 Å². The van der Waals surface area contributed by atoms with Gasteiger partial charge in [0.15, 0.2) is 0 Å². The molecule has 25 heavy (non-hydrogen) atoms. The van der Waals surface area contributed by atoms with Gasteiger partial charge in [0, 0.05) is 34.4 Å². The minimum absolute atomic E-state index is 0.0474. The predicted octanol–water partition coefficient (Wildman–Crippen LogP) is 3.17. The summed E-state index contributed by atoms with van der Waals surface area (Å²) >= 11 is 3.52. The SMILES string of the molecule is Cc1cnc(-c2ccc(OC[C@H]3CSCC[C@@H]3NS(C)(=O)=O)cc2)s1. The molecule has 1 N–H and O–H groups in total. The van der Waals surface area contributed by atoms with E-state index < -0.39 is 10.0 Å². The van der Waals surface area contributed by atoms with E-state index in [0.29, 0.717) is 6.61 Å². The number of hydrogen-bond donors (Lipinski definition) is 1. The molecule has 0 saturated carbocycles. The van der Waals surface area contributed by atoms with Gasteiger partial charge in [0.05, 0.1) is 12.9 Å². The lowest BCUT2D eigenvalue weighted by atomic mass is 10.0. The fourth-order valence-corrected chi connectivity index (χ4v) is 5.62. The number of nitrogens with one attached hydrogen (secondary N) is 1. The molecule has 1 aromatic heterocycles. The highest BCUT2D eigenvalue weighted by Crippen LogP contribution is 2.28. The Morgan fingerprint density at radius 1 is 1.32 bits per heavy atom. The topological polar surface area (TPSA) is 68.3 Å². The van der Waals surface area contributed by atoms with Crippen LogP contribution in [0.3, 0.4) is 0 Å². The van der Waals surface area contributed by atoms with E-state index in [1.165, 1.54) is 11.1 Å². The zero-order chi connectivity index (χ0) is 17.9. The molecule has 3 rings (SSSR count). The Balaban J connectivity index is 1.60. The van der Waals surface area contributed by atoms with Crippen molar-refractivity contribution in [3.63, 3.8) is 0 Å². The van der Waals surface area contributed by atoms with Crippen LogP contribution in [0.5, 0.6) is 5.75 Å². The first kappa shape index (κ1) is 18.7. The molecule has 0 unspecified atom stereocenters. The highest BCUT2D eigenvalue weighted by molar-refractivity contribution is 7.99. The van der Waals surface area contributed by atoms with Crippen molar-refractivity contribution in [3.8, 4) is 16.3 Å². The van der Waals surface area contributed by atoms with E-state index in [0.717, 1.165) is 34.2 Å². The Morgan fingerprint density at radius 3 is 2.72 bits per heavy atom. The van der Waals surface area contributed by atoms with Crippen molar-refractivity contribution in [2.75, 3.05) is 24.4 Å². The van der Waals surface area contributed by atoms with Crippen LogP contribution in [-0.2, 0) is 10.0 Å². The normalized spacial score (nSPS) is 21.2. The van der Waals surface area contributed by atoms with Gasteiger partial charge in [-0.05, 0) is 43.4 Å². The second kappa shape index (κ2) is 8.07. The summed E-state index contributed by atoms with van der Waals surface area (Å²) in [4.78, 5) is 5.58. The van der Waals surface area contributed by atoms with E-state index in [4.69, 9.17) is 4.74 Å². The number of ether oxygens (including phenoxy) is 1. The molecule has 8 heteroatoms. The zero-order valence-corrected chi connectivity index (χ0v) is 16.7. The summed E-state index contributed by atoms with van der Waals surface area (Å²) < 4.78 is 31.7. The van der Waals surface area contributed by atoms with E-state index >= 15 is 0 Å². The largest absolute Gasteiger partial charge is 0.493 e. The fourth-order valence-electron chi connectivity index (χ4n) is 2.78. The van der Waals surface area contributed by atoms with E-state index in [1.54, 1.807) is 11.3 Å². The quantitative estimate of drug-likeness (QED) is 0.809. The van der Waals surface area contributed by atoms with Crippen molar-refractivity contribution in [3.05, 3.63) is 35.3 Å². The molecule has 0 amide bonds. The third-order valence-electron chi connectivity index (χ3n) is 4.03. The Labute approximate surface area is 157 Å². The van der Waals surface area contributed by atoms with Crippen LogP contribution < -0.4 is 9.46 Å². The summed E-state index contributed by atoms with van der Waals surface area (Å²) in [5.74, 6) is 2.86. The molecule has 1 fully saturated rings. The van der Waals surface area contributed by atoms with Gasteiger partial charge in [0.2, 0.25) is 10.0 Å². The van der Waals surface area contributed by atoms with E-state index in [-0.39, 0.29) is 12.0 Å². The second-order valence-corrected chi connectivity index (χ2v) is 10.4. The summed E-state index contributed by atoms with van der Waals surface area (Å²) in [5, 5.41) is 1.00. The smallest absolute Gasteiger partial charge is 0.208 e. The van der Waals surface area contributed by atoms with Gasteiger partial charge in [0.1, 0.15) is 10.8 Å². The Bertz CT molecular complexity index is 803. The van der Waals surface area contributed by atoms with Crippen molar-refractivity contribution in [2.24, 2.45) is 5.92 Å². The minimum Gasteiger partial charge on any atom is -0.493 e. The van der Waals surface area contributed by atoms with Crippen LogP contribution in [0.4, 0.5) is 0 Å². The lowest BCUT2D eigenvalue weighted by molar-refractivity contribution is 0.229. The number of nitrogens with zero attached hydrogens (tertiary/aromatic N) is 1. The number of sulfonamides is 1. The molecule has 0 aliphatic carbocycles. The Morgan fingerprint density at radius 2 is 2.08 bits per heavy atom. The van der Waals surface area contributed by atoms with Gasteiger partial charge in [-0.25, -0.2) is 18.1 Å². The zero-order valence-electron chi connectivity index (χ0n) is 14.3.